The van der Waals surface area contributed by atoms with E-state index in [4.69, 9.17) is 0 Å². The van der Waals surface area contributed by atoms with Gasteiger partial charge in [-0.25, -0.2) is 8.42 Å². The van der Waals surface area contributed by atoms with Crippen molar-refractivity contribution >= 4 is 15.9 Å². The van der Waals surface area contributed by atoms with Crippen LogP contribution in [0.15, 0.2) is 89.8 Å². The highest BCUT2D eigenvalue weighted by Gasteiger charge is 2.16. The molecule has 0 saturated carbocycles. The van der Waals surface area contributed by atoms with E-state index in [0.717, 1.165) is 12.0 Å². The number of nitrogens with one attached hydrogen (secondary N) is 2. The smallest absolute Gasteiger partial charge is 0.266 e. The number of benzene rings is 3. The summed E-state index contributed by atoms with van der Waals surface area (Å²) in [5.41, 5.74) is 4.78. The van der Waals surface area contributed by atoms with Gasteiger partial charge in [0, 0.05) is 5.56 Å². The van der Waals surface area contributed by atoms with Gasteiger partial charge in [-0.15, -0.1) is 4.83 Å². The third-order valence-corrected chi connectivity index (χ3v) is 5.40. The van der Waals surface area contributed by atoms with E-state index in [-0.39, 0.29) is 4.90 Å². The van der Waals surface area contributed by atoms with Crippen LogP contribution < -0.4 is 10.3 Å². The Labute approximate surface area is 159 Å². The van der Waals surface area contributed by atoms with Crippen LogP contribution in [-0.2, 0) is 22.9 Å². The van der Waals surface area contributed by atoms with Gasteiger partial charge in [0.25, 0.3) is 15.9 Å². The molecule has 1 amide bonds. The van der Waals surface area contributed by atoms with Crippen molar-refractivity contribution in [1.29, 1.82) is 0 Å². The molecule has 0 spiro atoms. The maximum atomic E-state index is 12.5. The van der Waals surface area contributed by atoms with Gasteiger partial charge in [-0.05, 0) is 42.2 Å². The van der Waals surface area contributed by atoms with Crippen LogP contribution in [0.5, 0.6) is 0 Å². The topological polar surface area (TPSA) is 75.3 Å². The number of hydrogen-bond acceptors (Lipinski definition) is 3. The number of aryl methyl sites for hydroxylation is 2. The average Bonchev–Trinajstić information content (AvgIpc) is 2.72. The third-order valence-electron chi connectivity index (χ3n) is 4.14. The molecular formula is C21H20N2O3S. The van der Waals surface area contributed by atoms with E-state index < -0.39 is 15.9 Å². The molecule has 0 unspecified atom stereocenters. The monoisotopic (exact) mass is 380 g/mol. The zero-order valence-corrected chi connectivity index (χ0v) is 15.4. The normalized spacial score (nSPS) is 11.1. The molecule has 0 aromatic heterocycles. The molecule has 0 heterocycles. The lowest BCUT2D eigenvalue weighted by Crippen LogP contribution is -2.41. The highest BCUT2D eigenvalue weighted by Crippen LogP contribution is 2.13. The zero-order valence-electron chi connectivity index (χ0n) is 14.6. The van der Waals surface area contributed by atoms with Crippen LogP contribution in [0.25, 0.3) is 0 Å². The lowest BCUT2D eigenvalue weighted by molar-refractivity contribution is 0.0944. The van der Waals surface area contributed by atoms with Crippen LogP contribution in [0.4, 0.5) is 0 Å². The Balaban J connectivity index is 1.68. The second-order valence-electron chi connectivity index (χ2n) is 6.02. The van der Waals surface area contributed by atoms with E-state index in [2.05, 4.69) is 10.3 Å². The van der Waals surface area contributed by atoms with Gasteiger partial charge in [0.15, 0.2) is 0 Å². The first-order valence-corrected chi connectivity index (χ1v) is 10.0. The van der Waals surface area contributed by atoms with E-state index in [0.29, 0.717) is 12.0 Å². The van der Waals surface area contributed by atoms with Gasteiger partial charge in [0.1, 0.15) is 0 Å². The minimum Gasteiger partial charge on any atom is -0.273 e. The molecular weight excluding hydrogens is 360 g/mol. The summed E-state index contributed by atoms with van der Waals surface area (Å²) in [6.45, 7) is 0. The average molecular weight is 380 g/mol. The Kier molecular flexibility index (Phi) is 6.01. The van der Waals surface area contributed by atoms with Gasteiger partial charge in [0.2, 0.25) is 0 Å². The number of hydrazine groups is 1. The van der Waals surface area contributed by atoms with Crippen LogP contribution >= 0.6 is 0 Å². The fourth-order valence-corrected chi connectivity index (χ4v) is 3.58. The number of amides is 1. The molecule has 0 aliphatic rings. The first kappa shape index (κ1) is 18.8. The second-order valence-corrected chi connectivity index (χ2v) is 7.70. The van der Waals surface area contributed by atoms with E-state index >= 15 is 0 Å². The molecule has 0 saturated heterocycles. The molecule has 0 atom stereocenters. The van der Waals surface area contributed by atoms with Gasteiger partial charge in [-0.1, -0.05) is 66.7 Å². The number of sulfonamides is 1. The second kappa shape index (κ2) is 8.62. The predicted molar refractivity (Wildman–Crippen MR) is 105 cm³/mol. The molecule has 138 valence electrons. The summed E-state index contributed by atoms with van der Waals surface area (Å²) in [5.74, 6) is -0.488. The summed E-state index contributed by atoms with van der Waals surface area (Å²) >= 11 is 0. The van der Waals surface area contributed by atoms with Crippen LogP contribution in [0.1, 0.15) is 21.5 Å². The number of carbonyl (C=O) groups excluding carboxylic acids is 1. The summed E-state index contributed by atoms with van der Waals surface area (Å²) in [5, 5.41) is 0. The highest BCUT2D eigenvalue weighted by molar-refractivity contribution is 7.89. The lowest BCUT2D eigenvalue weighted by atomic mass is 9.99. The maximum absolute atomic E-state index is 12.5. The molecule has 0 fully saturated rings. The van der Waals surface area contributed by atoms with Crippen molar-refractivity contribution in [3.8, 4) is 0 Å². The molecule has 6 heteroatoms. The standard InChI is InChI=1S/C21H20N2O3S/c24-21(22-23-27(25,26)19-12-5-2-6-13-19)20-14-8-7-11-18(20)16-15-17-9-3-1-4-10-17/h1-14,23H,15-16H2,(H,22,24). The van der Waals surface area contributed by atoms with Gasteiger partial charge in [0.05, 0.1) is 4.90 Å². The highest BCUT2D eigenvalue weighted by atomic mass is 32.2. The van der Waals surface area contributed by atoms with E-state index in [1.807, 2.05) is 42.5 Å². The van der Waals surface area contributed by atoms with Crippen LogP contribution in [0.2, 0.25) is 0 Å². The van der Waals surface area contributed by atoms with Gasteiger partial charge in [-0.2, -0.15) is 0 Å². The molecule has 0 aliphatic heterocycles. The first-order valence-electron chi connectivity index (χ1n) is 8.55. The van der Waals surface area contributed by atoms with Crippen molar-refractivity contribution in [1.82, 2.24) is 10.3 Å². The summed E-state index contributed by atoms with van der Waals surface area (Å²) in [6.07, 6.45) is 1.47. The van der Waals surface area contributed by atoms with Crippen molar-refractivity contribution in [3.63, 3.8) is 0 Å². The van der Waals surface area contributed by atoms with Gasteiger partial charge >= 0.3 is 0 Å². The Hall–Kier alpha value is -2.96. The zero-order chi connectivity index (χ0) is 19.1. The molecule has 5 nitrogen and oxygen atoms in total. The molecule has 3 aromatic carbocycles. The number of hydrogen-bond donors (Lipinski definition) is 2. The van der Waals surface area contributed by atoms with Gasteiger partial charge < -0.3 is 0 Å². The number of rotatable bonds is 7. The molecule has 3 aromatic rings. The van der Waals surface area contributed by atoms with E-state index in [1.54, 1.807) is 30.3 Å². The minimum atomic E-state index is -3.81. The van der Waals surface area contributed by atoms with Crippen molar-refractivity contribution in [2.24, 2.45) is 0 Å². The van der Waals surface area contributed by atoms with Crippen LogP contribution in [0.3, 0.4) is 0 Å². The molecule has 0 radical (unpaired) electrons. The summed E-state index contributed by atoms with van der Waals surface area (Å²) in [7, 11) is -3.81. The Bertz CT molecular complexity index is 1000. The van der Waals surface area contributed by atoms with Crippen molar-refractivity contribution in [3.05, 3.63) is 102 Å². The quantitative estimate of drug-likeness (QED) is 0.619. The van der Waals surface area contributed by atoms with E-state index in [1.165, 1.54) is 17.7 Å². The summed E-state index contributed by atoms with van der Waals surface area (Å²) in [6, 6.07) is 25.1. The minimum absolute atomic E-state index is 0.0858. The van der Waals surface area contributed by atoms with Crippen molar-refractivity contribution in [2.75, 3.05) is 0 Å². The number of carbonyl (C=O) groups is 1. The Morgan fingerprint density at radius 1 is 0.741 bits per heavy atom. The van der Waals surface area contributed by atoms with Gasteiger partial charge in [-0.3, -0.25) is 10.2 Å². The SMILES string of the molecule is O=C(NNS(=O)(=O)c1ccccc1)c1ccccc1CCc1ccccc1. The van der Waals surface area contributed by atoms with Crippen LogP contribution in [0, 0.1) is 0 Å². The summed E-state index contributed by atoms with van der Waals surface area (Å²) in [4.78, 5) is 14.7. The Morgan fingerprint density at radius 2 is 1.33 bits per heavy atom. The lowest BCUT2D eigenvalue weighted by Gasteiger charge is -2.11. The molecule has 3 rings (SSSR count). The molecule has 2 N–H and O–H groups in total. The fourth-order valence-electron chi connectivity index (χ4n) is 2.72. The van der Waals surface area contributed by atoms with Crippen molar-refractivity contribution < 1.29 is 13.2 Å². The largest absolute Gasteiger partial charge is 0.273 e. The predicted octanol–water partition coefficient (Wildman–Crippen LogP) is 3.10. The fraction of sp³-hybridized carbons (Fsp3) is 0.0952. The molecule has 0 bridgehead atoms. The first-order chi connectivity index (χ1) is 13.1. The maximum Gasteiger partial charge on any atom is 0.266 e. The molecule has 0 aliphatic carbocycles. The van der Waals surface area contributed by atoms with Crippen LogP contribution in [-0.4, -0.2) is 14.3 Å². The Morgan fingerprint density at radius 3 is 2.04 bits per heavy atom. The van der Waals surface area contributed by atoms with E-state index in [9.17, 15) is 13.2 Å². The third kappa shape index (κ3) is 5.03. The summed E-state index contributed by atoms with van der Waals surface area (Å²) < 4.78 is 24.5. The van der Waals surface area contributed by atoms with Crippen molar-refractivity contribution in [2.45, 2.75) is 17.7 Å². The molecule has 27 heavy (non-hydrogen) atoms.